The number of carboxylic acids is 1. The van der Waals surface area contributed by atoms with Gasteiger partial charge in [0.2, 0.25) is 5.36 Å². The predicted octanol–water partition coefficient (Wildman–Crippen LogP) is 7.49. The third-order valence-electron chi connectivity index (χ3n) is 16.8. The molecule has 0 spiro atoms. The molecule has 4 aromatic carbocycles. The van der Waals surface area contributed by atoms with Gasteiger partial charge < -0.3 is 63.6 Å². The summed E-state index contributed by atoms with van der Waals surface area (Å²) >= 11 is 0. The molecule has 5 atom stereocenters. The molecule has 1 saturated heterocycles. The first-order valence-corrected chi connectivity index (χ1v) is 34.1. The summed E-state index contributed by atoms with van der Waals surface area (Å²) in [6.07, 6.45) is 6.86. The van der Waals surface area contributed by atoms with Gasteiger partial charge in [-0.2, -0.15) is 8.62 Å². The van der Waals surface area contributed by atoms with Crippen molar-refractivity contribution in [2.45, 2.75) is 95.6 Å². The van der Waals surface area contributed by atoms with E-state index >= 15 is 0 Å². The second-order valence-electron chi connectivity index (χ2n) is 22.6. The normalized spacial score (nSPS) is 19.0. The molecule has 1 fully saturated rings. The number of azide groups is 2. The van der Waals surface area contributed by atoms with Crippen LogP contribution in [-0.4, -0.2) is 122 Å². The summed E-state index contributed by atoms with van der Waals surface area (Å²) < 4.78 is 82.3. The van der Waals surface area contributed by atoms with Gasteiger partial charge >= 0.3 is 35.4 Å². The smallest absolute Gasteiger partial charge is 0.490 e. The number of carboxylic acid groups (broad SMARTS) is 1. The first-order chi connectivity index (χ1) is 44.7. The van der Waals surface area contributed by atoms with Gasteiger partial charge in [-0.05, 0) is 115 Å². The molecule has 93 heavy (non-hydrogen) atoms. The number of phosphoric acid groups is 3. The quantitative estimate of drug-likeness (QED) is 0.00415. The number of carbonyl (C=O) groups excluding carboxylic acids is 2. The van der Waals surface area contributed by atoms with Crippen LogP contribution < -0.4 is 35.3 Å². The molecule has 0 bridgehead atoms. The number of ether oxygens (including phenoxy) is 5. The molecular formula is C59H60N12O19P3+. The maximum absolute atomic E-state index is 14.3. The van der Waals surface area contributed by atoms with Crippen LogP contribution in [0, 0.1) is 11.8 Å². The number of fused-ring (bicyclic) bond motifs is 5. The fraction of sp³-hybridized carbons (Fsp3) is 0.390. The minimum absolute atomic E-state index is 0.0180. The highest BCUT2D eigenvalue weighted by Gasteiger charge is 2.44. The lowest BCUT2D eigenvalue weighted by atomic mass is 9.81. The number of nitrogens with zero attached hydrogens (tertiary/aromatic N) is 11. The van der Waals surface area contributed by atoms with E-state index in [4.69, 9.17) is 49.3 Å². The molecule has 0 radical (unpaired) electrons. The molecule has 31 nitrogen and oxygen atoms in total. The van der Waals surface area contributed by atoms with Crippen LogP contribution in [0.25, 0.3) is 37.5 Å². The number of rotatable bonds is 23. The van der Waals surface area contributed by atoms with Crippen LogP contribution in [0.4, 0.5) is 11.5 Å². The predicted molar refractivity (Wildman–Crippen MR) is 328 cm³/mol. The van der Waals surface area contributed by atoms with E-state index in [2.05, 4.69) is 72.1 Å². The molecule has 484 valence electrons. The number of aryl methyl sites for hydroxylation is 2. The van der Waals surface area contributed by atoms with Gasteiger partial charge in [0.05, 0.1) is 53.5 Å². The Hall–Kier alpha value is -8.51. The van der Waals surface area contributed by atoms with Gasteiger partial charge in [0.25, 0.3) is 0 Å². The number of benzene rings is 4. The number of carbonyl (C=O) groups is 3. The number of aromatic nitrogens is 3. The first kappa shape index (κ1) is 64.6. The van der Waals surface area contributed by atoms with E-state index in [1.807, 2.05) is 0 Å². The molecule has 0 saturated carbocycles. The molecule has 34 heteroatoms. The highest BCUT2D eigenvalue weighted by molar-refractivity contribution is 7.66. The molecule has 12 rings (SSSR count). The number of aromatic carboxylic acids is 1. The van der Waals surface area contributed by atoms with E-state index in [9.17, 15) is 48.5 Å². The highest BCUT2D eigenvalue weighted by atomic mass is 31.3. The number of hydrogen-bond donors (Lipinski definition) is 6. The molecule has 0 amide bonds. The fourth-order valence-corrected chi connectivity index (χ4v) is 16.2. The number of Topliss-reactive ketones (excluding diaryl/α,β-unsaturated/α-hetero) is 1. The molecule has 8 heterocycles. The number of ketones is 1. The largest absolute Gasteiger partial charge is 0.494 e. The highest BCUT2D eigenvalue weighted by Crippen LogP contribution is 2.66. The van der Waals surface area contributed by atoms with Gasteiger partial charge in [-0.25, -0.2) is 37.8 Å². The zero-order chi connectivity index (χ0) is 65.3. The Morgan fingerprint density at radius 3 is 2.41 bits per heavy atom. The summed E-state index contributed by atoms with van der Waals surface area (Å²) in [5.74, 6) is 5.30. The molecule has 3 unspecified atom stereocenters. The lowest BCUT2D eigenvalue weighted by Crippen LogP contribution is -2.45. The Kier molecular flexibility index (Phi) is 18.6. The fourth-order valence-electron chi connectivity index (χ4n) is 13.1. The maximum atomic E-state index is 14.3. The van der Waals surface area contributed by atoms with Crippen LogP contribution in [0.1, 0.15) is 127 Å². The first-order valence-electron chi connectivity index (χ1n) is 29.6. The van der Waals surface area contributed by atoms with Gasteiger partial charge in [-0.15, -0.1) is 0 Å². The van der Waals surface area contributed by atoms with Crippen LogP contribution >= 0.6 is 23.5 Å². The van der Waals surface area contributed by atoms with Crippen molar-refractivity contribution in [2.24, 2.45) is 10.2 Å². The lowest BCUT2D eigenvalue weighted by Gasteiger charge is -2.39. The van der Waals surface area contributed by atoms with Crippen LogP contribution in [0.15, 0.2) is 71.3 Å². The molecule has 0 aliphatic carbocycles. The van der Waals surface area contributed by atoms with Crippen molar-refractivity contribution in [3.8, 4) is 29.1 Å². The molecule has 7 N–H and O–H groups in total. The number of hydrogen-bond acceptors (Lipinski definition) is 20. The van der Waals surface area contributed by atoms with Gasteiger partial charge in [-0.1, -0.05) is 28.1 Å². The van der Waals surface area contributed by atoms with Crippen molar-refractivity contribution >= 4 is 69.3 Å². The van der Waals surface area contributed by atoms with E-state index in [0.29, 0.717) is 16.9 Å². The summed E-state index contributed by atoms with van der Waals surface area (Å²) in [6, 6.07) is 13.7. The average molecular weight is 1330 g/mol. The Labute approximate surface area is 528 Å². The zero-order valence-electron chi connectivity index (χ0n) is 49.4. The number of esters is 1. The summed E-state index contributed by atoms with van der Waals surface area (Å²) in [5, 5.41) is 20.2. The molecule has 6 aliphatic rings. The van der Waals surface area contributed by atoms with Crippen molar-refractivity contribution in [1.29, 1.82) is 0 Å². The Bertz CT molecular complexity index is 4550. The second-order valence-corrected chi connectivity index (χ2v) is 27.0. The van der Waals surface area contributed by atoms with E-state index in [1.165, 1.54) is 57.2 Å². The maximum Gasteiger partial charge on any atom is 0.490 e. The topological polar surface area (TPSA) is 438 Å². The van der Waals surface area contributed by atoms with Gasteiger partial charge in [-0.3, -0.25) is 9.32 Å². The third kappa shape index (κ3) is 13.8. The summed E-state index contributed by atoms with van der Waals surface area (Å²) in [7, 11) is -17.1. The molecule has 6 aliphatic heterocycles. The monoisotopic (exact) mass is 1330 g/mol. The van der Waals surface area contributed by atoms with Crippen molar-refractivity contribution in [3.05, 3.63) is 154 Å². The molecular weight excluding hydrogens is 1270 g/mol. The summed E-state index contributed by atoms with van der Waals surface area (Å²) in [6.45, 7) is 1.78. The Balaban J connectivity index is 0.727. The number of anilines is 2. The number of phosphoric ester groups is 1. The zero-order valence-corrected chi connectivity index (χ0v) is 52.1. The number of nitrogen functional groups attached to an aromatic ring is 1. The summed E-state index contributed by atoms with van der Waals surface area (Å²) in [4.78, 5) is 94.9. The lowest BCUT2D eigenvalue weighted by molar-refractivity contribution is -0.0582. The van der Waals surface area contributed by atoms with Crippen LogP contribution in [-0.2, 0) is 73.3 Å². The standard InChI is InChI=1S/C59H59N12O19P3/c60-56-50-36(29-71(57(50)64-31-63-56)49-27-47(85-32-66-68-62)48(87-49)30-86-92(79,80)90-93(81,82)89-91(76,77)78)9-5-22-84-59(75)39-16-14-38(23-37(39)28-65-67-61)83-21-6-12-46(72)33-13-15-40(58(73)74)43(24-33)51-44-25-34-7-1-17-69-19-3-10-41(52(34)69)54(44)88-55-42-11-4-20-70-18-2-8-35(53(42)70)26-45(51)55/h13-16,23-26,29,31,47-49H,1-4,6-8,10-12,17-22,27-28,30,32H2,(H6-,60,63,64,73,74,76,77,78,79,80,81,82)/p+1/t47?,48-,49-/m1/s1. The van der Waals surface area contributed by atoms with Gasteiger partial charge in [0.1, 0.15) is 67.2 Å². The van der Waals surface area contributed by atoms with Gasteiger partial charge in [0, 0.05) is 93.5 Å². The van der Waals surface area contributed by atoms with Crippen LogP contribution in [0.2, 0.25) is 0 Å². The minimum atomic E-state index is -5.84. The molecule has 2 aromatic heterocycles. The summed E-state index contributed by atoms with van der Waals surface area (Å²) in [5.41, 5.74) is 33.5. The SMILES string of the molecule is [N-]=[N+]=NCOC1C[C@H](n2cc(C#CCOC(=O)c3ccc(OCCCC(=O)c4ccc(C(=O)O)c(C5=c6cc7c8c(c6Oc6c5cc5c9c6CCCN9CCC5)CCC[N+]=8CCC7)c4)cc3CN=[N+]=[N-])c3c(N)ncnc32)O[C@@H]1COP(=O)(O)OP(=O)(O)OP(=O)(O)O. The second kappa shape index (κ2) is 26.8. The van der Waals surface area contributed by atoms with Crippen molar-refractivity contribution in [1.82, 2.24) is 19.1 Å². The van der Waals surface area contributed by atoms with E-state index in [0.717, 1.165) is 123 Å². The minimum Gasteiger partial charge on any atom is -0.494 e. The molecule has 6 aromatic rings. The van der Waals surface area contributed by atoms with E-state index in [-0.39, 0.29) is 77.3 Å². The number of nitrogens with two attached hydrogens (primary N) is 1. The van der Waals surface area contributed by atoms with Gasteiger partial charge in [0.15, 0.2) is 12.4 Å². The van der Waals surface area contributed by atoms with E-state index < -0.39 is 73.8 Å². The third-order valence-corrected chi connectivity index (χ3v) is 20.6. The van der Waals surface area contributed by atoms with E-state index in [1.54, 1.807) is 12.1 Å². The Morgan fingerprint density at radius 1 is 0.860 bits per heavy atom. The Morgan fingerprint density at radius 2 is 1.62 bits per heavy atom. The van der Waals surface area contributed by atoms with Crippen LogP contribution in [0.3, 0.4) is 0 Å². The van der Waals surface area contributed by atoms with Crippen LogP contribution in [0.5, 0.6) is 17.2 Å². The van der Waals surface area contributed by atoms with Crippen molar-refractivity contribution in [2.75, 3.05) is 63.4 Å². The average Bonchev–Trinajstić information content (AvgIpc) is 1.37. The van der Waals surface area contributed by atoms with Crippen molar-refractivity contribution < 1.29 is 89.6 Å². The van der Waals surface area contributed by atoms with Crippen molar-refractivity contribution in [3.63, 3.8) is 0 Å².